The molecule has 0 spiro atoms. The quantitative estimate of drug-likeness (QED) is 0.286. The number of nitrogens with zero attached hydrogens (tertiary/aromatic N) is 3. The second kappa shape index (κ2) is 7.26. The number of nitro benzene ring substituents is 1. The first-order valence-electron chi connectivity index (χ1n) is 7.83. The van der Waals surface area contributed by atoms with E-state index < -0.39 is 4.92 Å². The summed E-state index contributed by atoms with van der Waals surface area (Å²) in [5, 5.41) is 15.5. The lowest BCUT2D eigenvalue weighted by Gasteiger charge is -1.95. The summed E-state index contributed by atoms with van der Waals surface area (Å²) < 4.78 is 10.9. The molecule has 0 bridgehead atoms. The van der Waals surface area contributed by atoms with E-state index >= 15 is 0 Å². The second-order valence-electron chi connectivity index (χ2n) is 5.37. The molecule has 0 fully saturated rings. The summed E-state index contributed by atoms with van der Waals surface area (Å²) in [7, 11) is 0. The summed E-state index contributed by atoms with van der Waals surface area (Å²) in [6, 6.07) is 13.4. The number of nitro groups is 1. The molecule has 1 aromatic carbocycles. The van der Waals surface area contributed by atoms with Crippen molar-refractivity contribution < 1.29 is 13.8 Å². The first-order chi connectivity index (χ1) is 13.2. The summed E-state index contributed by atoms with van der Waals surface area (Å²) >= 11 is 1.36. The lowest BCUT2D eigenvalue weighted by atomic mass is 10.2. The van der Waals surface area contributed by atoms with E-state index in [2.05, 4.69) is 15.5 Å². The minimum absolute atomic E-state index is 0.00779. The molecule has 3 aromatic heterocycles. The van der Waals surface area contributed by atoms with Crippen molar-refractivity contribution in [1.29, 1.82) is 0 Å². The fourth-order valence-corrected chi connectivity index (χ4v) is 3.29. The van der Waals surface area contributed by atoms with Crippen LogP contribution in [0.1, 0.15) is 5.56 Å². The summed E-state index contributed by atoms with van der Waals surface area (Å²) in [6.07, 6.45) is 4.66. The van der Waals surface area contributed by atoms with Crippen LogP contribution in [0.4, 0.5) is 10.8 Å². The molecule has 0 aliphatic heterocycles. The number of hydrogen-bond acceptors (Lipinski definition) is 8. The molecule has 0 saturated carbocycles. The fraction of sp³-hybridized carbons (Fsp3) is 0. The van der Waals surface area contributed by atoms with Gasteiger partial charge in [-0.15, -0.1) is 0 Å². The van der Waals surface area contributed by atoms with Gasteiger partial charge in [-0.2, -0.15) is 5.10 Å². The van der Waals surface area contributed by atoms with Gasteiger partial charge in [0, 0.05) is 17.7 Å². The first kappa shape index (κ1) is 16.7. The Balaban J connectivity index is 1.59. The van der Waals surface area contributed by atoms with E-state index in [1.165, 1.54) is 29.7 Å². The standard InChI is InChI=1S/C18H12N4O4S/c23-22(24)13-5-1-4-12(10-13)11-19-21-18-20-16(14-6-2-8-25-14)17(27-18)15-7-3-9-26-15/h1-11H,(H,20,21)/b19-11+. The van der Waals surface area contributed by atoms with Crippen LogP contribution in [-0.4, -0.2) is 16.1 Å². The van der Waals surface area contributed by atoms with Gasteiger partial charge in [-0.25, -0.2) is 4.98 Å². The molecule has 134 valence electrons. The Morgan fingerprint density at radius 2 is 1.89 bits per heavy atom. The highest BCUT2D eigenvalue weighted by molar-refractivity contribution is 7.19. The monoisotopic (exact) mass is 380 g/mol. The van der Waals surface area contributed by atoms with E-state index in [0.717, 1.165) is 4.88 Å². The van der Waals surface area contributed by atoms with Crippen LogP contribution in [0.15, 0.2) is 75.0 Å². The Morgan fingerprint density at radius 1 is 1.11 bits per heavy atom. The Labute approximate surface area is 156 Å². The maximum absolute atomic E-state index is 10.8. The third-order valence-electron chi connectivity index (χ3n) is 3.58. The molecule has 0 radical (unpaired) electrons. The van der Waals surface area contributed by atoms with Gasteiger partial charge in [0.1, 0.15) is 16.3 Å². The lowest BCUT2D eigenvalue weighted by molar-refractivity contribution is -0.384. The summed E-state index contributed by atoms with van der Waals surface area (Å²) in [6.45, 7) is 0. The molecule has 1 N–H and O–H groups in total. The number of benzene rings is 1. The van der Waals surface area contributed by atoms with Gasteiger partial charge in [0.25, 0.3) is 5.69 Å². The molecule has 8 nitrogen and oxygen atoms in total. The van der Waals surface area contributed by atoms with Gasteiger partial charge in [-0.05, 0) is 24.3 Å². The van der Waals surface area contributed by atoms with Crippen LogP contribution in [0.3, 0.4) is 0 Å². The van der Waals surface area contributed by atoms with Gasteiger partial charge < -0.3 is 8.83 Å². The van der Waals surface area contributed by atoms with Crippen molar-refractivity contribution in [2.45, 2.75) is 0 Å². The van der Waals surface area contributed by atoms with Crippen LogP contribution in [-0.2, 0) is 0 Å². The van der Waals surface area contributed by atoms with Gasteiger partial charge in [0.2, 0.25) is 5.13 Å². The summed E-state index contributed by atoms with van der Waals surface area (Å²) in [4.78, 5) is 15.7. The second-order valence-corrected chi connectivity index (χ2v) is 6.37. The van der Waals surface area contributed by atoms with Gasteiger partial charge in [0.15, 0.2) is 5.76 Å². The van der Waals surface area contributed by atoms with E-state index in [0.29, 0.717) is 27.9 Å². The zero-order valence-electron chi connectivity index (χ0n) is 13.7. The van der Waals surface area contributed by atoms with Crippen LogP contribution in [0.5, 0.6) is 0 Å². The van der Waals surface area contributed by atoms with Gasteiger partial charge in [-0.3, -0.25) is 15.5 Å². The van der Waals surface area contributed by atoms with E-state index in [-0.39, 0.29) is 5.69 Å². The fourth-order valence-electron chi connectivity index (χ4n) is 2.40. The van der Waals surface area contributed by atoms with Gasteiger partial charge >= 0.3 is 0 Å². The van der Waals surface area contributed by atoms with Crippen molar-refractivity contribution in [3.05, 3.63) is 76.7 Å². The first-order valence-corrected chi connectivity index (χ1v) is 8.64. The number of nitrogens with one attached hydrogen (secondary N) is 1. The molecule has 3 heterocycles. The maximum Gasteiger partial charge on any atom is 0.270 e. The topological polar surface area (TPSA) is 107 Å². The predicted octanol–water partition coefficient (Wildman–Crippen LogP) is 5.02. The van der Waals surface area contributed by atoms with Crippen molar-refractivity contribution in [2.24, 2.45) is 5.10 Å². The normalized spacial score (nSPS) is 11.1. The van der Waals surface area contributed by atoms with Crippen LogP contribution >= 0.6 is 11.3 Å². The van der Waals surface area contributed by atoms with Crippen LogP contribution in [0, 0.1) is 10.1 Å². The number of hydrazone groups is 1. The summed E-state index contributed by atoms with van der Waals surface area (Å²) in [5.41, 5.74) is 4.11. The highest BCUT2D eigenvalue weighted by Gasteiger charge is 2.18. The molecule has 0 unspecified atom stereocenters. The van der Waals surface area contributed by atoms with Crippen molar-refractivity contribution in [3.8, 4) is 22.1 Å². The number of furan rings is 2. The van der Waals surface area contributed by atoms with E-state index in [9.17, 15) is 10.1 Å². The molecule has 0 aliphatic rings. The van der Waals surface area contributed by atoms with Crippen LogP contribution in [0.25, 0.3) is 22.1 Å². The number of non-ortho nitro benzene ring substituents is 1. The third-order valence-corrected chi connectivity index (χ3v) is 4.56. The summed E-state index contributed by atoms with van der Waals surface area (Å²) in [5.74, 6) is 1.29. The predicted molar refractivity (Wildman–Crippen MR) is 102 cm³/mol. The third kappa shape index (κ3) is 3.62. The number of hydrogen-bond donors (Lipinski definition) is 1. The number of aromatic nitrogens is 1. The average Bonchev–Trinajstić information content (AvgIpc) is 3.42. The Bertz CT molecular complexity index is 1030. The molecule has 0 amide bonds. The number of thiazole rings is 1. The zero-order valence-corrected chi connectivity index (χ0v) is 14.6. The zero-order chi connectivity index (χ0) is 18.6. The van der Waals surface area contributed by atoms with E-state index in [1.807, 2.05) is 12.1 Å². The molecule has 9 heteroatoms. The highest BCUT2D eigenvalue weighted by atomic mass is 32.1. The largest absolute Gasteiger partial charge is 0.463 e. The average molecular weight is 380 g/mol. The van der Waals surface area contributed by atoms with Crippen molar-refractivity contribution in [3.63, 3.8) is 0 Å². The molecule has 27 heavy (non-hydrogen) atoms. The highest BCUT2D eigenvalue weighted by Crippen LogP contribution is 2.39. The Kier molecular flexibility index (Phi) is 4.50. The van der Waals surface area contributed by atoms with Crippen molar-refractivity contribution >= 4 is 28.4 Å². The van der Waals surface area contributed by atoms with Crippen LogP contribution < -0.4 is 5.43 Å². The van der Waals surface area contributed by atoms with E-state index in [1.54, 1.807) is 36.8 Å². The SMILES string of the molecule is O=[N+]([O-])c1cccc(/C=N/Nc2nc(-c3ccco3)c(-c3ccco3)s2)c1. The van der Waals surface area contributed by atoms with E-state index in [4.69, 9.17) is 8.83 Å². The molecular weight excluding hydrogens is 368 g/mol. The molecule has 0 atom stereocenters. The molecule has 0 saturated heterocycles. The molecular formula is C18H12N4O4S. The number of rotatable bonds is 6. The minimum Gasteiger partial charge on any atom is -0.463 e. The van der Waals surface area contributed by atoms with Gasteiger partial charge in [0.05, 0.1) is 23.7 Å². The lowest BCUT2D eigenvalue weighted by Crippen LogP contribution is -1.92. The molecule has 0 aliphatic carbocycles. The molecule has 4 rings (SSSR count). The Morgan fingerprint density at radius 3 is 2.59 bits per heavy atom. The van der Waals surface area contributed by atoms with Gasteiger partial charge in [-0.1, -0.05) is 23.5 Å². The maximum atomic E-state index is 10.8. The van der Waals surface area contributed by atoms with Crippen molar-refractivity contribution in [1.82, 2.24) is 4.98 Å². The van der Waals surface area contributed by atoms with Crippen molar-refractivity contribution in [2.75, 3.05) is 5.43 Å². The Hall–Kier alpha value is -3.72. The minimum atomic E-state index is -0.448. The molecule has 4 aromatic rings. The number of anilines is 1. The van der Waals surface area contributed by atoms with Crippen LogP contribution in [0.2, 0.25) is 0 Å². The smallest absolute Gasteiger partial charge is 0.270 e.